The number of ether oxygens (including phenoxy) is 1. The summed E-state index contributed by atoms with van der Waals surface area (Å²) in [5.41, 5.74) is 0.525. The van der Waals surface area contributed by atoms with E-state index in [2.05, 4.69) is 10.6 Å². The lowest BCUT2D eigenvalue weighted by Gasteiger charge is -2.21. The van der Waals surface area contributed by atoms with Gasteiger partial charge in [-0.3, -0.25) is 9.59 Å². The van der Waals surface area contributed by atoms with Crippen molar-refractivity contribution in [3.05, 3.63) is 63.6 Å². The summed E-state index contributed by atoms with van der Waals surface area (Å²) in [4.78, 5) is 37.3. The summed E-state index contributed by atoms with van der Waals surface area (Å²) >= 11 is 12.1. The number of alkyl carbamates (subject to hydrolysis) is 1. The number of carbonyl (C=O) groups is 3. The number of ketones is 1. The molecule has 0 radical (unpaired) electrons. The van der Waals surface area contributed by atoms with Crippen LogP contribution in [0.1, 0.15) is 43.6 Å². The molecular formula is C22H24Cl2N2O4. The van der Waals surface area contributed by atoms with E-state index in [4.69, 9.17) is 27.9 Å². The number of hydrogen-bond acceptors (Lipinski definition) is 4. The Morgan fingerprint density at radius 2 is 1.67 bits per heavy atom. The van der Waals surface area contributed by atoms with Crippen LogP contribution in [0.15, 0.2) is 42.5 Å². The maximum Gasteiger partial charge on any atom is 0.408 e. The number of rotatable bonds is 6. The molecule has 0 aliphatic rings. The Bertz CT molecular complexity index is 937. The third-order valence-corrected chi connectivity index (χ3v) is 4.58. The lowest BCUT2D eigenvalue weighted by molar-refractivity contribution is -0.120. The lowest BCUT2D eigenvalue weighted by Crippen LogP contribution is -2.42. The van der Waals surface area contributed by atoms with Gasteiger partial charge in [0, 0.05) is 17.1 Å². The fourth-order valence-corrected chi connectivity index (χ4v) is 3.01. The summed E-state index contributed by atoms with van der Waals surface area (Å²) in [6.07, 6.45) is -0.767. The molecule has 2 N–H and O–H groups in total. The van der Waals surface area contributed by atoms with E-state index in [9.17, 15) is 14.4 Å². The van der Waals surface area contributed by atoms with Crippen molar-refractivity contribution in [1.82, 2.24) is 5.32 Å². The van der Waals surface area contributed by atoms with Crippen LogP contribution in [0.5, 0.6) is 0 Å². The van der Waals surface area contributed by atoms with Gasteiger partial charge in [-0.1, -0.05) is 35.3 Å². The molecule has 1 atom stereocenters. The fourth-order valence-electron chi connectivity index (χ4n) is 2.60. The summed E-state index contributed by atoms with van der Waals surface area (Å²) in [5.74, 6) is -0.734. The van der Waals surface area contributed by atoms with Crippen molar-refractivity contribution < 1.29 is 19.1 Å². The zero-order valence-corrected chi connectivity index (χ0v) is 18.7. The molecule has 2 rings (SSSR count). The normalized spacial score (nSPS) is 12.1. The predicted octanol–water partition coefficient (Wildman–Crippen LogP) is 5.27. The summed E-state index contributed by atoms with van der Waals surface area (Å²) < 4.78 is 5.17. The molecule has 0 spiro atoms. The molecule has 8 heteroatoms. The Hall–Kier alpha value is -2.57. The van der Waals surface area contributed by atoms with E-state index < -0.39 is 23.6 Å². The van der Waals surface area contributed by atoms with Gasteiger partial charge in [0.25, 0.3) is 5.91 Å². The van der Waals surface area contributed by atoms with Crippen molar-refractivity contribution in [3.8, 4) is 0 Å². The van der Waals surface area contributed by atoms with E-state index in [-0.39, 0.29) is 22.8 Å². The maximum absolute atomic E-state index is 12.8. The van der Waals surface area contributed by atoms with E-state index in [1.54, 1.807) is 70.2 Å². The highest BCUT2D eigenvalue weighted by molar-refractivity contribution is 6.34. The molecule has 6 nitrogen and oxygen atoms in total. The molecule has 0 aliphatic heterocycles. The molecule has 30 heavy (non-hydrogen) atoms. The third-order valence-electron chi connectivity index (χ3n) is 4.01. The van der Waals surface area contributed by atoms with Crippen LogP contribution in [0.4, 0.5) is 10.5 Å². The Kier molecular flexibility index (Phi) is 7.87. The number of amides is 2. The largest absolute Gasteiger partial charge is 0.444 e. The van der Waals surface area contributed by atoms with Gasteiger partial charge in [-0.05, 0) is 63.6 Å². The number of halogens is 2. The van der Waals surface area contributed by atoms with Gasteiger partial charge in [-0.15, -0.1) is 0 Å². The van der Waals surface area contributed by atoms with Crippen molar-refractivity contribution in [3.63, 3.8) is 0 Å². The van der Waals surface area contributed by atoms with Gasteiger partial charge in [0.15, 0.2) is 5.78 Å². The predicted molar refractivity (Wildman–Crippen MR) is 118 cm³/mol. The van der Waals surface area contributed by atoms with Gasteiger partial charge >= 0.3 is 6.09 Å². The molecule has 0 aliphatic carbocycles. The molecule has 1 unspecified atom stereocenters. The summed E-state index contributed by atoms with van der Waals surface area (Å²) in [5, 5.41) is 6.02. The minimum atomic E-state index is -0.800. The van der Waals surface area contributed by atoms with Crippen molar-refractivity contribution in [2.24, 2.45) is 0 Å². The van der Waals surface area contributed by atoms with Gasteiger partial charge in [0.1, 0.15) is 5.60 Å². The Morgan fingerprint density at radius 3 is 2.27 bits per heavy atom. The molecule has 0 saturated carbocycles. The van der Waals surface area contributed by atoms with Gasteiger partial charge in [0.2, 0.25) is 0 Å². The summed E-state index contributed by atoms with van der Waals surface area (Å²) in [7, 11) is 0. The average molecular weight is 451 g/mol. The number of hydrogen-bond donors (Lipinski definition) is 2. The molecule has 2 aromatic rings. The van der Waals surface area contributed by atoms with Crippen molar-refractivity contribution in [1.29, 1.82) is 0 Å². The molecule has 0 aromatic heterocycles. The summed E-state index contributed by atoms with van der Waals surface area (Å²) in [6, 6.07) is 10.7. The van der Waals surface area contributed by atoms with E-state index >= 15 is 0 Å². The molecule has 0 bridgehead atoms. The van der Waals surface area contributed by atoms with E-state index in [1.165, 1.54) is 0 Å². The zero-order valence-electron chi connectivity index (χ0n) is 17.2. The maximum atomic E-state index is 12.8. The fraction of sp³-hybridized carbons (Fsp3) is 0.318. The smallest absolute Gasteiger partial charge is 0.408 e. The Balaban J connectivity index is 2.13. The molecular weight excluding hydrogens is 427 g/mol. The second-order valence-corrected chi connectivity index (χ2v) is 8.59. The van der Waals surface area contributed by atoms with E-state index in [0.717, 1.165) is 0 Å². The van der Waals surface area contributed by atoms with E-state index in [1.807, 2.05) is 0 Å². The van der Waals surface area contributed by atoms with Crippen LogP contribution in [0.3, 0.4) is 0 Å². The molecule has 160 valence electrons. The molecule has 2 amide bonds. The first-order valence-electron chi connectivity index (χ1n) is 9.33. The first-order valence-corrected chi connectivity index (χ1v) is 10.1. The highest BCUT2D eigenvalue weighted by Crippen LogP contribution is 2.23. The Labute approximate surface area is 185 Å². The van der Waals surface area contributed by atoms with Gasteiger partial charge in [-0.2, -0.15) is 0 Å². The number of nitrogens with one attached hydrogen (secondary N) is 2. The quantitative estimate of drug-likeness (QED) is 0.627. The highest BCUT2D eigenvalue weighted by Gasteiger charge is 2.23. The molecule has 0 fully saturated rings. The lowest BCUT2D eigenvalue weighted by atomic mass is 9.99. The topological polar surface area (TPSA) is 84.5 Å². The van der Waals surface area contributed by atoms with Crippen LogP contribution in [-0.2, 0) is 16.0 Å². The number of anilines is 1. The molecule has 0 saturated heterocycles. The highest BCUT2D eigenvalue weighted by atomic mass is 35.5. The average Bonchev–Trinajstić information content (AvgIpc) is 2.61. The van der Waals surface area contributed by atoms with Gasteiger partial charge in [0.05, 0.1) is 16.6 Å². The zero-order chi connectivity index (χ0) is 22.5. The number of benzene rings is 2. The van der Waals surface area contributed by atoms with Crippen LogP contribution >= 0.6 is 23.2 Å². The van der Waals surface area contributed by atoms with Crippen LogP contribution in [0.2, 0.25) is 10.0 Å². The minimum Gasteiger partial charge on any atom is -0.444 e. The van der Waals surface area contributed by atoms with Crippen LogP contribution in [-0.4, -0.2) is 29.4 Å². The standard InChI is InChI=1S/C22H24Cl2N2O4/c1-13(25-21(29)30-22(2,3)4)18(27)12-14-6-5-7-17(24)19(14)20(28)26-16-10-8-15(23)9-11-16/h5-11,13H,12H2,1-4H3,(H,25,29)(H,26,28). The first-order chi connectivity index (χ1) is 14.0. The second-order valence-electron chi connectivity index (χ2n) is 7.75. The van der Waals surface area contributed by atoms with Gasteiger partial charge in [-0.25, -0.2) is 4.79 Å². The van der Waals surface area contributed by atoms with Crippen molar-refractivity contribution >= 4 is 46.7 Å². The van der Waals surface area contributed by atoms with Crippen LogP contribution in [0.25, 0.3) is 0 Å². The van der Waals surface area contributed by atoms with E-state index in [0.29, 0.717) is 16.3 Å². The van der Waals surface area contributed by atoms with Crippen LogP contribution < -0.4 is 10.6 Å². The SMILES string of the molecule is CC(NC(=O)OC(C)(C)C)C(=O)Cc1cccc(Cl)c1C(=O)Nc1ccc(Cl)cc1. The minimum absolute atomic E-state index is 0.0824. The number of carbonyl (C=O) groups excluding carboxylic acids is 3. The summed E-state index contributed by atoms with van der Waals surface area (Å²) in [6.45, 7) is 6.76. The monoisotopic (exact) mass is 450 g/mol. The number of Topliss-reactive ketones (excluding diaryl/α,β-unsaturated/α-hetero) is 1. The second kappa shape index (κ2) is 9.96. The van der Waals surface area contributed by atoms with Gasteiger partial charge < -0.3 is 15.4 Å². The van der Waals surface area contributed by atoms with Crippen molar-refractivity contribution in [2.75, 3.05) is 5.32 Å². The Morgan fingerprint density at radius 1 is 1.03 bits per heavy atom. The van der Waals surface area contributed by atoms with Crippen LogP contribution in [0, 0.1) is 0 Å². The first kappa shape index (κ1) is 23.7. The third kappa shape index (κ3) is 7.04. The van der Waals surface area contributed by atoms with Crippen molar-refractivity contribution in [2.45, 2.75) is 45.8 Å². The molecule has 2 aromatic carbocycles. The molecule has 0 heterocycles.